The summed E-state index contributed by atoms with van der Waals surface area (Å²) in [6.07, 6.45) is 6.04. The van der Waals surface area contributed by atoms with Crippen LogP contribution in [0.1, 0.15) is 70.2 Å². The Morgan fingerprint density at radius 1 is 1.19 bits per heavy atom. The Balaban J connectivity index is 1.71. The Morgan fingerprint density at radius 2 is 1.94 bits per heavy atom. The predicted octanol–water partition coefficient (Wildman–Crippen LogP) is 4.18. The van der Waals surface area contributed by atoms with Gasteiger partial charge in [0.15, 0.2) is 0 Å². The molecule has 0 aromatic heterocycles. The summed E-state index contributed by atoms with van der Waals surface area (Å²) < 4.78 is 16.6. The number of fused-ring (bicyclic) bond motifs is 1. The maximum absolute atomic E-state index is 12.8. The third-order valence-corrected chi connectivity index (χ3v) is 5.75. The molecule has 1 saturated heterocycles. The number of aliphatic hydroxyl groups is 1. The van der Waals surface area contributed by atoms with Crippen LogP contribution in [-0.4, -0.2) is 39.6 Å². The Morgan fingerprint density at radius 3 is 2.65 bits per heavy atom. The maximum Gasteiger partial charge on any atom is 0.385 e. The van der Waals surface area contributed by atoms with Gasteiger partial charge in [-0.25, -0.2) is 9.59 Å². The van der Waals surface area contributed by atoms with Gasteiger partial charge in [0.05, 0.1) is 18.1 Å². The Labute approximate surface area is 182 Å². The highest BCUT2D eigenvalue weighted by Crippen LogP contribution is 2.45. The number of hydrogen-bond donors (Lipinski definition) is 2. The number of hydrogen-bond acceptors (Lipinski definition) is 7. The lowest BCUT2D eigenvalue weighted by Gasteiger charge is -2.30. The first-order chi connectivity index (χ1) is 14.5. The van der Waals surface area contributed by atoms with E-state index in [2.05, 4.69) is 32.9 Å². The van der Waals surface area contributed by atoms with E-state index in [9.17, 15) is 19.8 Å². The fourth-order valence-electron chi connectivity index (χ4n) is 3.85. The van der Waals surface area contributed by atoms with Gasteiger partial charge in [-0.1, -0.05) is 23.3 Å². The number of rotatable bonds is 6. The number of ether oxygens (including phenoxy) is 3. The summed E-state index contributed by atoms with van der Waals surface area (Å²) >= 11 is 0. The summed E-state index contributed by atoms with van der Waals surface area (Å²) in [6, 6.07) is 3.78. The fraction of sp³-hybridized carbons (Fsp3) is 0.500. The second-order valence-electron chi connectivity index (χ2n) is 8.76. The van der Waals surface area contributed by atoms with Gasteiger partial charge in [-0.05, 0) is 65.5 Å². The molecule has 1 fully saturated rings. The zero-order valence-corrected chi connectivity index (χ0v) is 18.4. The molecule has 0 amide bonds. The molecule has 31 heavy (non-hydrogen) atoms. The summed E-state index contributed by atoms with van der Waals surface area (Å²) in [5, 5.41) is 20.3. The number of allylic oxidation sites excluding steroid dienone is 4. The average Bonchev–Trinajstić information content (AvgIpc) is 2.87. The minimum absolute atomic E-state index is 0.00430. The highest BCUT2D eigenvalue weighted by molar-refractivity contribution is 5.98. The lowest BCUT2D eigenvalue weighted by molar-refractivity contribution is -0.230. The molecule has 0 aliphatic carbocycles. The third-order valence-electron chi connectivity index (χ3n) is 5.75. The van der Waals surface area contributed by atoms with E-state index in [0.29, 0.717) is 12.8 Å². The van der Waals surface area contributed by atoms with Crippen molar-refractivity contribution in [3.63, 3.8) is 0 Å². The smallest absolute Gasteiger partial charge is 0.385 e. The minimum Gasteiger partial charge on any atom is -0.508 e. The number of phenols is 1. The van der Waals surface area contributed by atoms with E-state index >= 15 is 0 Å². The van der Waals surface area contributed by atoms with Gasteiger partial charge >= 0.3 is 17.7 Å². The molecule has 7 heteroatoms. The third kappa shape index (κ3) is 4.99. The Kier molecular flexibility index (Phi) is 6.57. The van der Waals surface area contributed by atoms with Gasteiger partial charge in [0.2, 0.25) is 0 Å². The van der Waals surface area contributed by atoms with Crippen molar-refractivity contribution in [2.75, 3.05) is 0 Å². The van der Waals surface area contributed by atoms with E-state index in [-0.39, 0.29) is 23.5 Å². The van der Waals surface area contributed by atoms with Crippen molar-refractivity contribution in [2.45, 2.75) is 77.3 Å². The quantitative estimate of drug-likeness (QED) is 0.397. The summed E-state index contributed by atoms with van der Waals surface area (Å²) in [7, 11) is 0. The first kappa shape index (κ1) is 23.0. The lowest BCUT2D eigenvalue weighted by atomic mass is 9.92. The largest absolute Gasteiger partial charge is 0.508 e. The molecule has 2 aliphatic rings. The monoisotopic (exact) mass is 430 g/mol. The van der Waals surface area contributed by atoms with Crippen LogP contribution in [-0.2, 0) is 14.3 Å². The normalized spacial score (nSPS) is 28.0. The second-order valence-corrected chi connectivity index (χ2v) is 8.76. The summed E-state index contributed by atoms with van der Waals surface area (Å²) in [5.74, 6) is -4.02. The van der Waals surface area contributed by atoms with E-state index in [1.165, 1.54) is 29.3 Å². The van der Waals surface area contributed by atoms with E-state index in [1.54, 1.807) is 6.92 Å². The standard InChI is InChI=1S/C24H30O7/c1-15(2)7-5-8-16(3)9-6-12-23(4)20(26)14-24(31-23)22(28)29-19-13-17(25)10-11-18(19)21(27)30-24/h7,9-11,13,20,25-26H,5-6,8,12,14H2,1-4H3/b16-9-/t20-,23+,24+/m0/s1. The molecule has 7 nitrogen and oxygen atoms in total. The molecule has 168 valence electrons. The number of benzene rings is 1. The maximum atomic E-state index is 12.8. The van der Waals surface area contributed by atoms with Crippen LogP contribution in [0.5, 0.6) is 11.5 Å². The second kappa shape index (κ2) is 8.85. The molecule has 0 radical (unpaired) electrons. The van der Waals surface area contributed by atoms with Crippen molar-refractivity contribution >= 4 is 11.9 Å². The number of aromatic hydroxyl groups is 1. The van der Waals surface area contributed by atoms with Crippen molar-refractivity contribution in [3.8, 4) is 11.5 Å². The van der Waals surface area contributed by atoms with Gasteiger partial charge in [0, 0.05) is 6.07 Å². The number of phenolic OH excluding ortho intramolecular Hbond substituents is 1. The number of carbonyl (C=O) groups is 2. The first-order valence-corrected chi connectivity index (χ1v) is 10.5. The fourth-order valence-corrected chi connectivity index (χ4v) is 3.85. The van der Waals surface area contributed by atoms with Crippen LogP contribution in [0.15, 0.2) is 41.5 Å². The summed E-state index contributed by atoms with van der Waals surface area (Å²) in [6.45, 7) is 7.90. The van der Waals surface area contributed by atoms with Crippen molar-refractivity contribution in [2.24, 2.45) is 0 Å². The predicted molar refractivity (Wildman–Crippen MR) is 114 cm³/mol. The number of carbonyl (C=O) groups excluding carboxylic acids is 2. The minimum atomic E-state index is -2.03. The van der Waals surface area contributed by atoms with Gasteiger partial charge in [0.25, 0.3) is 0 Å². The number of aliphatic hydroxyl groups excluding tert-OH is 1. The van der Waals surface area contributed by atoms with Gasteiger partial charge in [-0.2, -0.15) is 0 Å². The molecule has 0 saturated carbocycles. The first-order valence-electron chi connectivity index (χ1n) is 10.5. The van der Waals surface area contributed by atoms with Gasteiger partial charge < -0.3 is 24.4 Å². The van der Waals surface area contributed by atoms with Gasteiger partial charge in [-0.15, -0.1) is 0 Å². The van der Waals surface area contributed by atoms with Crippen molar-refractivity contribution < 1.29 is 34.0 Å². The molecule has 1 spiro atoms. The van der Waals surface area contributed by atoms with Crippen LogP contribution >= 0.6 is 0 Å². The molecule has 1 aromatic carbocycles. The van der Waals surface area contributed by atoms with E-state index < -0.39 is 29.4 Å². The summed E-state index contributed by atoms with van der Waals surface area (Å²) in [5.41, 5.74) is 1.44. The Hall–Kier alpha value is -2.64. The van der Waals surface area contributed by atoms with Crippen molar-refractivity contribution in [3.05, 3.63) is 47.1 Å². The summed E-state index contributed by atoms with van der Waals surface area (Å²) in [4.78, 5) is 25.4. The molecule has 2 heterocycles. The molecule has 2 aliphatic heterocycles. The van der Waals surface area contributed by atoms with Crippen LogP contribution < -0.4 is 4.74 Å². The molecule has 2 N–H and O–H groups in total. The molecular weight excluding hydrogens is 400 g/mol. The average molecular weight is 430 g/mol. The molecule has 0 unspecified atom stereocenters. The van der Waals surface area contributed by atoms with Crippen molar-refractivity contribution in [1.29, 1.82) is 0 Å². The highest BCUT2D eigenvalue weighted by atomic mass is 16.8. The van der Waals surface area contributed by atoms with E-state index in [4.69, 9.17) is 14.2 Å². The molecule has 0 bridgehead atoms. The van der Waals surface area contributed by atoms with Crippen LogP contribution in [0.3, 0.4) is 0 Å². The van der Waals surface area contributed by atoms with Crippen LogP contribution in [0.25, 0.3) is 0 Å². The Bertz CT molecular complexity index is 928. The molecule has 3 rings (SSSR count). The van der Waals surface area contributed by atoms with Crippen molar-refractivity contribution in [1.82, 2.24) is 0 Å². The van der Waals surface area contributed by atoms with E-state index in [1.807, 2.05) is 0 Å². The SMILES string of the molecule is CC(C)=CCC/C(C)=C\CC[C@@]1(C)O[C@@]2(C[C@@H]1O)OC(=O)c1ccc(O)cc1OC2=O. The van der Waals surface area contributed by atoms with Gasteiger partial charge in [-0.3, -0.25) is 0 Å². The van der Waals surface area contributed by atoms with Gasteiger partial charge in [0.1, 0.15) is 17.1 Å². The molecule has 1 aromatic rings. The lowest BCUT2D eigenvalue weighted by Crippen LogP contribution is -2.46. The topological polar surface area (TPSA) is 102 Å². The van der Waals surface area contributed by atoms with E-state index in [0.717, 1.165) is 12.8 Å². The van der Waals surface area contributed by atoms with Crippen LogP contribution in [0, 0.1) is 0 Å². The zero-order valence-electron chi connectivity index (χ0n) is 18.4. The highest BCUT2D eigenvalue weighted by Gasteiger charge is 2.62. The molecular formula is C24H30O7. The van der Waals surface area contributed by atoms with Crippen LogP contribution in [0.2, 0.25) is 0 Å². The number of esters is 2. The van der Waals surface area contributed by atoms with Crippen LogP contribution in [0.4, 0.5) is 0 Å². The zero-order chi connectivity index (χ0) is 22.8. The molecule has 3 atom stereocenters.